The van der Waals surface area contributed by atoms with Crippen LogP contribution in [0, 0.1) is 0 Å². The maximum atomic E-state index is 12.7. The van der Waals surface area contributed by atoms with Crippen LogP contribution < -0.4 is 0 Å². The summed E-state index contributed by atoms with van der Waals surface area (Å²) in [5, 5.41) is 0. The SMILES string of the molecule is CC\C=C/C=C\C=C/CCCCCCCCCC(=O)OCC(COC(=O)CCCCCCC/C=C\C/C=C\CC)OC(=O)CCCC/C=C\C/C=C\C/C=C\CC. The van der Waals surface area contributed by atoms with Crippen LogP contribution in [-0.2, 0) is 28.6 Å². The summed E-state index contributed by atoms with van der Waals surface area (Å²) < 4.78 is 16.7. The van der Waals surface area contributed by atoms with Crippen LogP contribution in [0.2, 0.25) is 0 Å². The second-order valence-electron chi connectivity index (χ2n) is 14.6. The summed E-state index contributed by atoms with van der Waals surface area (Å²) in [4.78, 5) is 37.7. The molecule has 0 aliphatic carbocycles. The van der Waals surface area contributed by atoms with Gasteiger partial charge in [0.25, 0.3) is 0 Å². The van der Waals surface area contributed by atoms with Gasteiger partial charge in [0, 0.05) is 19.3 Å². The Morgan fingerprint density at radius 3 is 1.21 bits per heavy atom. The van der Waals surface area contributed by atoms with Crippen molar-refractivity contribution in [3.05, 3.63) is 97.2 Å². The Balaban J connectivity index is 4.48. The zero-order chi connectivity index (χ0) is 41.5. The fraction of sp³-hybridized carbons (Fsp3) is 0.627. The number of unbranched alkanes of at least 4 members (excludes halogenated alkanes) is 14. The van der Waals surface area contributed by atoms with E-state index in [-0.39, 0.29) is 37.5 Å². The smallest absolute Gasteiger partial charge is 0.306 e. The van der Waals surface area contributed by atoms with E-state index in [0.717, 1.165) is 116 Å². The van der Waals surface area contributed by atoms with Gasteiger partial charge in [-0.1, -0.05) is 169 Å². The van der Waals surface area contributed by atoms with Crippen LogP contribution in [0.25, 0.3) is 0 Å². The molecule has 0 heterocycles. The molecule has 0 aromatic carbocycles. The first-order chi connectivity index (χ1) is 28.0. The molecule has 6 heteroatoms. The van der Waals surface area contributed by atoms with E-state index in [2.05, 4.69) is 118 Å². The minimum absolute atomic E-state index is 0.106. The van der Waals surface area contributed by atoms with Crippen molar-refractivity contribution in [3.8, 4) is 0 Å². The molecular weight excluding hydrogens is 709 g/mol. The van der Waals surface area contributed by atoms with Gasteiger partial charge in [0.2, 0.25) is 0 Å². The minimum Gasteiger partial charge on any atom is -0.462 e. The van der Waals surface area contributed by atoms with E-state index in [9.17, 15) is 14.4 Å². The van der Waals surface area contributed by atoms with Crippen LogP contribution in [-0.4, -0.2) is 37.2 Å². The Bertz CT molecular complexity index is 1180. The van der Waals surface area contributed by atoms with Gasteiger partial charge in [-0.05, 0) is 96.3 Å². The summed E-state index contributed by atoms with van der Waals surface area (Å²) in [6.07, 6.45) is 58.2. The number of rotatable bonds is 39. The Morgan fingerprint density at radius 2 is 0.719 bits per heavy atom. The zero-order valence-corrected chi connectivity index (χ0v) is 36.6. The minimum atomic E-state index is -0.807. The van der Waals surface area contributed by atoms with E-state index in [1.54, 1.807) is 0 Å². The van der Waals surface area contributed by atoms with E-state index in [1.807, 2.05) is 0 Å². The third-order valence-corrected chi connectivity index (χ3v) is 9.13. The summed E-state index contributed by atoms with van der Waals surface area (Å²) >= 11 is 0. The molecule has 0 rings (SSSR count). The summed E-state index contributed by atoms with van der Waals surface area (Å²) in [6, 6.07) is 0. The lowest BCUT2D eigenvalue weighted by atomic mass is 10.1. The standard InChI is InChI=1S/C51H82O6/c1-4-7-10-13-16-19-22-25-26-27-30-32-35-38-41-44-50(53)56-47-48(57-51(54)45-42-39-36-33-29-24-21-18-15-12-9-6-3)46-55-49(52)43-40-37-34-31-28-23-20-17-14-11-8-5-2/h7-13,16-22,29,33,48H,4-6,14-15,23-28,30-32,34-47H2,1-3H3/b10-7-,11-8-,12-9-,16-13-,20-17-,21-18-,22-19-,33-29-. The van der Waals surface area contributed by atoms with Gasteiger partial charge in [0.05, 0.1) is 0 Å². The van der Waals surface area contributed by atoms with E-state index >= 15 is 0 Å². The molecule has 0 aromatic rings. The van der Waals surface area contributed by atoms with Crippen LogP contribution in [0.3, 0.4) is 0 Å². The fourth-order valence-electron chi connectivity index (χ4n) is 5.79. The quantitative estimate of drug-likeness (QED) is 0.0203. The molecule has 1 unspecified atom stereocenters. The first kappa shape index (κ1) is 53.3. The number of hydrogen-bond donors (Lipinski definition) is 0. The largest absolute Gasteiger partial charge is 0.462 e. The van der Waals surface area contributed by atoms with Crippen molar-refractivity contribution < 1.29 is 28.6 Å². The first-order valence-corrected chi connectivity index (χ1v) is 22.8. The molecule has 6 nitrogen and oxygen atoms in total. The lowest BCUT2D eigenvalue weighted by molar-refractivity contribution is -0.167. The molecular formula is C51H82O6. The number of carbonyl (C=O) groups is 3. The molecule has 0 aliphatic heterocycles. The number of esters is 3. The summed E-state index contributed by atoms with van der Waals surface area (Å²) in [6.45, 7) is 6.19. The van der Waals surface area contributed by atoms with Crippen molar-refractivity contribution in [1.29, 1.82) is 0 Å². The van der Waals surface area contributed by atoms with Crippen molar-refractivity contribution in [2.24, 2.45) is 0 Å². The third kappa shape index (κ3) is 43.3. The zero-order valence-electron chi connectivity index (χ0n) is 36.6. The molecule has 0 saturated carbocycles. The first-order valence-electron chi connectivity index (χ1n) is 22.8. The van der Waals surface area contributed by atoms with Crippen molar-refractivity contribution in [1.82, 2.24) is 0 Å². The lowest BCUT2D eigenvalue weighted by Gasteiger charge is -2.18. The molecule has 0 bridgehead atoms. The van der Waals surface area contributed by atoms with Gasteiger partial charge in [-0.25, -0.2) is 0 Å². The van der Waals surface area contributed by atoms with Gasteiger partial charge in [0.1, 0.15) is 13.2 Å². The highest BCUT2D eigenvalue weighted by molar-refractivity contribution is 5.71. The second kappa shape index (κ2) is 45.0. The van der Waals surface area contributed by atoms with Gasteiger partial charge >= 0.3 is 17.9 Å². The predicted octanol–water partition coefficient (Wildman–Crippen LogP) is 14.6. The molecule has 322 valence electrons. The maximum absolute atomic E-state index is 12.7. The van der Waals surface area contributed by atoms with E-state index in [1.165, 1.54) is 25.7 Å². The average Bonchev–Trinajstić information content (AvgIpc) is 3.21. The molecule has 0 amide bonds. The summed E-state index contributed by atoms with van der Waals surface area (Å²) in [5.41, 5.74) is 0. The number of carbonyl (C=O) groups excluding carboxylic acids is 3. The van der Waals surface area contributed by atoms with Gasteiger partial charge in [0.15, 0.2) is 6.10 Å². The van der Waals surface area contributed by atoms with Crippen molar-refractivity contribution in [2.75, 3.05) is 13.2 Å². The van der Waals surface area contributed by atoms with Gasteiger partial charge < -0.3 is 14.2 Å². The molecule has 0 saturated heterocycles. The van der Waals surface area contributed by atoms with Crippen LogP contribution in [0.4, 0.5) is 0 Å². The van der Waals surface area contributed by atoms with E-state index in [4.69, 9.17) is 14.2 Å². The molecule has 0 radical (unpaired) electrons. The molecule has 0 N–H and O–H groups in total. The normalized spacial score (nSPS) is 13.0. The van der Waals surface area contributed by atoms with Gasteiger partial charge in [-0.3, -0.25) is 14.4 Å². The predicted molar refractivity (Wildman–Crippen MR) is 242 cm³/mol. The Kier molecular flexibility index (Phi) is 42.1. The van der Waals surface area contributed by atoms with Crippen LogP contribution >= 0.6 is 0 Å². The summed E-state index contributed by atoms with van der Waals surface area (Å²) in [5.74, 6) is -0.982. The Hall–Kier alpha value is -3.67. The van der Waals surface area contributed by atoms with Crippen LogP contribution in [0.1, 0.15) is 188 Å². The van der Waals surface area contributed by atoms with Gasteiger partial charge in [-0.2, -0.15) is 0 Å². The number of allylic oxidation sites excluding steroid dienone is 16. The highest BCUT2D eigenvalue weighted by Gasteiger charge is 2.19. The highest BCUT2D eigenvalue weighted by atomic mass is 16.6. The maximum Gasteiger partial charge on any atom is 0.306 e. The highest BCUT2D eigenvalue weighted by Crippen LogP contribution is 2.13. The number of ether oxygens (including phenoxy) is 3. The van der Waals surface area contributed by atoms with E-state index in [0.29, 0.717) is 19.3 Å². The van der Waals surface area contributed by atoms with Crippen molar-refractivity contribution >= 4 is 17.9 Å². The summed E-state index contributed by atoms with van der Waals surface area (Å²) in [7, 11) is 0. The molecule has 57 heavy (non-hydrogen) atoms. The molecule has 0 fully saturated rings. The molecule has 0 aliphatic rings. The average molecular weight is 791 g/mol. The molecule has 0 spiro atoms. The second-order valence-corrected chi connectivity index (χ2v) is 14.6. The van der Waals surface area contributed by atoms with Crippen LogP contribution in [0.15, 0.2) is 97.2 Å². The monoisotopic (exact) mass is 791 g/mol. The topological polar surface area (TPSA) is 78.9 Å². The van der Waals surface area contributed by atoms with Crippen LogP contribution in [0.5, 0.6) is 0 Å². The fourth-order valence-corrected chi connectivity index (χ4v) is 5.79. The van der Waals surface area contributed by atoms with E-state index < -0.39 is 6.10 Å². The third-order valence-electron chi connectivity index (χ3n) is 9.13. The number of hydrogen-bond acceptors (Lipinski definition) is 6. The van der Waals surface area contributed by atoms with Gasteiger partial charge in [-0.15, -0.1) is 0 Å². The van der Waals surface area contributed by atoms with Crippen molar-refractivity contribution in [2.45, 2.75) is 194 Å². The van der Waals surface area contributed by atoms with Crippen molar-refractivity contribution in [3.63, 3.8) is 0 Å². The Morgan fingerprint density at radius 1 is 0.368 bits per heavy atom. The molecule has 0 aromatic heterocycles. The molecule has 1 atom stereocenters. The Labute approximate surface area is 349 Å². The lowest BCUT2D eigenvalue weighted by Crippen LogP contribution is -2.30.